The molecule has 0 fully saturated rings. The average Bonchev–Trinajstić information content (AvgIpc) is 2.89. The van der Waals surface area contributed by atoms with Gasteiger partial charge < -0.3 is 0 Å². The van der Waals surface area contributed by atoms with Crippen LogP contribution in [0, 0.1) is 0 Å². The number of carbonyl (C=O) groups excluding carboxylic acids is 1. The monoisotopic (exact) mass is 308 g/mol. The number of halogens is 6. The Morgan fingerprint density at radius 3 is 2.19 bits per heavy atom. The van der Waals surface area contributed by atoms with Gasteiger partial charge in [0.2, 0.25) is 0 Å². The van der Waals surface area contributed by atoms with E-state index in [1.807, 2.05) is 0 Å². The van der Waals surface area contributed by atoms with Crippen molar-refractivity contribution in [2.75, 3.05) is 0 Å². The number of carbonyl (C=O) groups is 1. The third kappa shape index (κ3) is 3.06. The minimum atomic E-state index is -5.09. The normalized spacial score (nSPS) is 12.5. The number of benzene rings is 1. The molecule has 0 saturated heterocycles. The molecule has 2 aromatic rings. The van der Waals surface area contributed by atoms with E-state index < -0.39 is 35.0 Å². The van der Waals surface area contributed by atoms with Gasteiger partial charge in [-0.05, 0) is 18.2 Å². The van der Waals surface area contributed by atoms with Gasteiger partial charge in [0.25, 0.3) is 5.91 Å². The van der Waals surface area contributed by atoms with Crippen LogP contribution in [0.15, 0.2) is 36.9 Å². The fourth-order valence-corrected chi connectivity index (χ4v) is 1.66. The molecule has 1 aromatic carbocycles. The fourth-order valence-electron chi connectivity index (χ4n) is 1.66. The van der Waals surface area contributed by atoms with Crippen LogP contribution in [0.1, 0.15) is 21.5 Å². The van der Waals surface area contributed by atoms with Crippen LogP contribution in [0.2, 0.25) is 0 Å². The molecule has 112 valence electrons. The van der Waals surface area contributed by atoms with E-state index in [-0.39, 0.29) is 6.07 Å². The lowest BCUT2D eigenvalue weighted by Crippen LogP contribution is -2.19. The number of nitrogens with zero attached hydrogens (tertiary/aromatic N) is 2. The molecule has 0 aliphatic rings. The van der Waals surface area contributed by atoms with Gasteiger partial charge >= 0.3 is 12.4 Å². The first-order chi connectivity index (χ1) is 9.60. The van der Waals surface area contributed by atoms with E-state index >= 15 is 0 Å². The third-order valence-corrected chi connectivity index (χ3v) is 2.62. The molecular formula is C12H6F6N2O. The second kappa shape index (κ2) is 4.90. The molecule has 9 heteroatoms. The highest BCUT2D eigenvalue weighted by molar-refractivity contribution is 5.97. The lowest BCUT2D eigenvalue weighted by atomic mass is 10.0. The zero-order valence-corrected chi connectivity index (χ0v) is 10.0. The second-order valence-corrected chi connectivity index (χ2v) is 4.03. The van der Waals surface area contributed by atoms with Gasteiger partial charge in [0.15, 0.2) is 0 Å². The van der Waals surface area contributed by atoms with Crippen LogP contribution in [0.5, 0.6) is 0 Å². The Morgan fingerprint density at radius 1 is 1.05 bits per heavy atom. The van der Waals surface area contributed by atoms with Crippen molar-refractivity contribution in [3.8, 4) is 0 Å². The topological polar surface area (TPSA) is 34.9 Å². The summed E-state index contributed by atoms with van der Waals surface area (Å²) in [6.07, 6.45) is -6.81. The standard InChI is InChI=1S/C12H6F6N2O/c13-11(14,15)7-1-2-8(9(5-7)12(16,17)18)10(21)20-4-3-19-6-20/h1-6H. The highest BCUT2D eigenvalue weighted by Crippen LogP contribution is 2.37. The summed E-state index contributed by atoms with van der Waals surface area (Å²) in [6.45, 7) is 0. The zero-order chi connectivity index (χ0) is 15.8. The quantitative estimate of drug-likeness (QED) is 0.754. The summed E-state index contributed by atoms with van der Waals surface area (Å²) in [7, 11) is 0. The summed E-state index contributed by atoms with van der Waals surface area (Å²) in [4.78, 5) is 15.4. The molecule has 0 atom stereocenters. The van der Waals surface area contributed by atoms with Gasteiger partial charge in [0.05, 0.1) is 16.7 Å². The molecule has 0 N–H and O–H groups in total. The first-order valence-corrected chi connectivity index (χ1v) is 5.42. The molecule has 0 unspecified atom stereocenters. The van der Waals surface area contributed by atoms with E-state index in [9.17, 15) is 31.1 Å². The first kappa shape index (κ1) is 15.1. The molecule has 0 saturated carbocycles. The fraction of sp³-hybridized carbons (Fsp3) is 0.167. The highest BCUT2D eigenvalue weighted by atomic mass is 19.4. The van der Waals surface area contributed by atoms with E-state index in [0.29, 0.717) is 12.1 Å². The summed E-state index contributed by atoms with van der Waals surface area (Å²) in [6, 6.07) is 0.859. The van der Waals surface area contributed by atoms with Gasteiger partial charge in [-0.1, -0.05) is 0 Å². The summed E-state index contributed by atoms with van der Waals surface area (Å²) < 4.78 is 76.9. The van der Waals surface area contributed by atoms with Crippen molar-refractivity contribution in [2.24, 2.45) is 0 Å². The Balaban J connectivity index is 2.59. The predicted molar refractivity (Wildman–Crippen MR) is 58.4 cm³/mol. The molecular weight excluding hydrogens is 302 g/mol. The van der Waals surface area contributed by atoms with Crippen molar-refractivity contribution in [3.05, 3.63) is 53.6 Å². The van der Waals surface area contributed by atoms with Gasteiger partial charge in [-0.15, -0.1) is 0 Å². The first-order valence-electron chi connectivity index (χ1n) is 5.42. The lowest BCUT2D eigenvalue weighted by Gasteiger charge is -2.15. The summed E-state index contributed by atoms with van der Waals surface area (Å²) in [5.41, 5.74) is -4.00. The van der Waals surface area contributed by atoms with Crippen LogP contribution < -0.4 is 0 Å². The number of hydrogen-bond acceptors (Lipinski definition) is 2. The maximum Gasteiger partial charge on any atom is 0.417 e. The number of imidazole rings is 1. The predicted octanol–water partition coefficient (Wildman–Crippen LogP) is 3.61. The van der Waals surface area contributed by atoms with Crippen molar-refractivity contribution in [1.82, 2.24) is 9.55 Å². The molecule has 1 heterocycles. The maximum absolute atomic E-state index is 12.9. The molecule has 0 spiro atoms. The second-order valence-electron chi connectivity index (χ2n) is 4.03. The van der Waals surface area contributed by atoms with Gasteiger partial charge in [0.1, 0.15) is 6.33 Å². The van der Waals surface area contributed by atoms with Crippen LogP contribution in [-0.4, -0.2) is 15.5 Å². The molecule has 0 amide bonds. The van der Waals surface area contributed by atoms with Crippen LogP contribution in [0.4, 0.5) is 26.3 Å². The average molecular weight is 308 g/mol. The van der Waals surface area contributed by atoms with Gasteiger partial charge in [0, 0.05) is 12.4 Å². The molecule has 21 heavy (non-hydrogen) atoms. The van der Waals surface area contributed by atoms with E-state index in [4.69, 9.17) is 0 Å². The zero-order valence-electron chi connectivity index (χ0n) is 10.0. The van der Waals surface area contributed by atoms with Crippen molar-refractivity contribution in [2.45, 2.75) is 12.4 Å². The van der Waals surface area contributed by atoms with Crippen molar-refractivity contribution in [3.63, 3.8) is 0 Å². The molecule has 0 radical (unpaired) electrons. The van der Waals surface area contributed by atoms with E-state index in [0.717, 1.165) is 23.3 Å². The number of hydrogen-bond donors (Lipinski definition) is 0. The summed E-state index contributed by atoms with van der Waals surface area (Å²) in [5, 5.41) is 0. The number of rotatable bonds is 1. The smallest absolute Gasteiger partial charge is 0.272 e. The molecule has 0 aliphatic carbocycles. The van der Waals surface area contributed by atoms with Crippen LogP contribution >= 0.6 is 0 Å². The maximum atomic E-state index is 12.9. The van der Waals surface area contributed by atoms with E-state index in [2.05, 4.69) is 4.98 Å². The largest absolute Gasteiger partial charge is 0.417 e. The molecule has 3 nitrogen and oxygen atoms in total. The Bertz CT molecular complexity index is 657. The molecule has 1 aromatic heterocycles. The van der Waals surface area contributed by atoms with Crippen LogP contribution in [0.3, 0.4) is 0 Å². The van der Waals surface area contributed by atoms with Gasteiger partial charge in [-0.3, -0.25) is 9.36 Å². The number of alkyl halides is 6. The third-order valence-electron chi connectivity index (χ3n) is 2.62. The molecule has 0 aliphatic heterocycles. The van der Waals surface area contributed by atoms with Crippen LogP contribution in [-0.2, 0) is 12.4 Å². The van der Waals surface area contributed by atoms with Gasteiger partial charge in [-0.2, -0.15) is 26.3 Å². The Kier molecular flexibility index (Phi) is 3.52. The SMILES string of the molecule is O=C(c1ccc(C(F)(F)F)cc1C(F)(F)F)n1ccnc1. The van der Waals surface area contributed by atoms with Gasteiger partial charge in [-0.25, -0.2) is 4.98 Å². The lowest BCUT2D eigenvalue weighted by molar-refractivity contribution is -0.143. The van der Waals surface area contributed by atoms with Crippen LogP contribution in [0.25, 0.3) is 0 Å². The van der Waals surface area contributed by atoms with E-state index in [1.165, 1.54) is 0 Å². The number of aromatic nitrogens is 2. The minimum Gasteiger partial charge on any atom is -0.272 e. The summed E-state index contributed by atoms with van der Waals surface area (Å²) >= 11 is 0. The van der Waals surface area contributed by atoms with E-state index in [1.54, 1.807) is 0 Å². The van der Waals surface area contributed by atoms with Crippen molar-refractivity contribution >= 4 is 5.91 Å². The Hall–Kier alpha value is -2.32. The minimum absolute atomic E-state index is 0.0792. The Labute approximate surface area is 113 Å². The molecule has 2 rings (SSSR count). The van der Waals surface area contributed by atoms with Crippen molar-refractivity contribution < 1.29 is 31.1 Å². The van der Waals surface area contributed by atoms with Crippen molar-refractivity contribution in [1.29, 1.82) is 0 Å². The molecule has 0 bridgehead atoms. The summed E-state index contributed by atoms with van der Waals surface area (Å²) in [5.74, 6) is -1.12. The highest BCUT2D eigenvalue weighted by Gasteiger charge is 2.39. The Morgan fingerprint density at radius 2 is 1.71 bits per heavy atom.